The topological polar surface area (TPSA) is 80.4 Å². The summed E-state index contributed by atoms with van der Waals surface area (Å²) in [6, 6.07) is 0. The lowest BCUT2D eigenvalue weighted by molar-refractivity contribution is 0.447. The second-order valence-corrected chi connectivity index (χ2v) is 5.20. The van der Waals surface area contributed by atoms with E-state index in [9.17, 15) is 8.42 Å². The van der Waals surface area contributed by atoms with Gasteiger partial charge >= 0.3 is 0 Å². The Bertz CT molecular complexity index is 387. The molecule has 0 heterocycles. The van der Waals surface area contributed by atoms with E-state index >= 15 is 0 Å². The molecule has 3 N–H and O–H groups in total. The third kappa shape index (κ3) is 2.05. The minimum atomic E-state index is -4.37. The molecule has 13 heavy (non-hydrogen) atoms. The highest BCUT2D eigenvalue weighted by molar-refractivity contribution is 7.87. The third-order valence-corrected chi connectivity index (χ3v) is 3.69. The van der Waals surface area contributed by atoms with Gasteiger partial charge in [0.15, 0.2) is 4.87 Å². The maximum Gasteiger partial charge on any atom is 0.287 e. The number of rotatable bonds is 1. The summed E-state index contributed by atoms with van der Waals surface area (Å²) in [5.41, 5.74) is 5.39. The monoisotopic (exact) mass is 243 g/mol. The van der Waals surface area contributed by atoms with Crippen LogP contribution in [0.2, 0.25) is 0 Å². The van der Waals surface area contributed by atoms with Crippen molar-refractivity contribution in [3.63, 3.8) is 0 Å². The number of hydrogen-bond donors (Lipinski definition) is 2. The predicted octanol–water partition coefficient (Wildman–Crippen LogP) is 1.18. The lowest BCUT2D eigenvalue weighted by atomic mass is 10.1. The molecule has 1 aliphatic carbocycles. The Morgan fingerprint density at radius 2 is 2.00 bits per heavy atom. The number of nitrogens with two attached hydrogens (primary N) is 1. The molecule has 0 fully saturated rings. The second kappa shape index (κ2) is 3.25. The zero-order valence-corrected chi connectivity index (χ0v) is 8.70. The van der Waals surface area contributed by atoms with Crippen molar-refractivity contribution < 1.29 is 13.0 Å². The van der Waals surface area contributed by atoms with Crippen molar-refractivity contribution in [1.82, 2.24) is 0 Å². The maximum absolute atomic E-state index is 10.8. The van der Waals surface area contributed by atoms with Gasteiger partial charge in [-0.2, -0.15) is 8.42 Å². The van der Waals surface area contributed by atoms with Crippen LogP contribution in [-0.2, 0) is 10.1 Å². The Morgan fingerprint density at radius 1 is 1.46 bits per heavy atom. The minimum absolute atomic E-state index is 0.0213. The Balaban J connectivity index is 3.16. The van der Waals surface area contributed by atoms with Crippen LogP contribution in [0.3, 0.4) is 0 Å². The number of halogens is 2. The molecule has 0 aromatic carbocycles. The van der Waals surface area contributed by atoms with Crippen LogP contribution < -0.4 is 5.73 Å². The molecular formula is C6H7Cl2NO3S. The van der Waals surface area contributed by atoms with Gasteiger partial charge in [0, 0.05) is 6.42 Å². The van der Waals surface area contributed by atoms with Crippen LogP contribution in [-0.4, -0.2) is 17.8 Å². The summed E-state index contributed by atoms with van der Waals surface area (Å²) in [4.78, 5) is -1.86. The number of allylic oxidation sites excluding steroid dienone is 2. The van der Waals surface area contributed by atoms with E-state index in [1.165, 1.54) is 6.08 Å². The average Bonchev–Trinajstić information content (AvgIpc) is 1.95. The molecule has 0 aromatic heterocycles. The molecular weight excluding hydrogens is 237 g/mol. The fourth-order valence-electron chi connectivity index (χ4n) is 0.869. The fourth-order valence-corrected chi connectivity index (χ4v) is 1.90. The molecule has 0 saturated carbocycles. The van der Waals surface area contributed by atoms with E-state index < -0.39 is 15.0 Å². The summed E-state index contributed by atoms with van der Waals surface area (Å²) >= 11 is 11.1. The van der Waals surface area contributed by atoms with Crippen molar-refractivity contribution in [2.45, 2.75) is 11.3 Å². The van der Waals surface area contributed by atoms with E-state index in [2.05, 4.69) is 0 Å². The van der Waals surface area contributed by atoms with Crippen LogP contribution >= 0.6 is 23.2 Å². The molecule has 0 aromatic rings. The molecule has 1 unspecified atom stereocenters. The lowest BCUT2D eigenvalue weighted by Crippen LogP contribution is -2.46. The van der Waals surface area contributed by atoms with Crippen molar-refractivity contribution in [2.75, 3.05) is 0 Å². The SMILES string of the molecule is NC1(S(=O)(=O)O)C=C(Cl)C(Cl)=CC1. The zero-order chi connectivity index (χ0) is 10.3. The van der Waals surface area contributed by atoms with Gasteiger partial charge in [0.25, 0.3) is 10.1 Å². The molecule has 1 aliphatic rings. The van der Waals surface area contributed by atoms with Gasteiger partial charge in [0.05, 0.1) is 10.1 Å². The van der Waals surface area contributed by atoms with E-state index in [1.807, 2.05) is 0 Å². The molecule has 74 valence electrons. The standard InChI is InChI=1S/C6H7Cl2NO3S/c7-4-1-2-6(9,3-5(4)8)13(10,11)12/h1,3H,2,9H2,(H,10,11,12). The van der Waals surface area contributed by atoms with Crippen LogP contribution in [0, 0.1) is 0 Å². The molecule has 1 rings (SSSR count). The lowest BCUT2D eigenvalue weighted by Gasteiger charge is -2.24. The average molecular weight is 244 g/mol. The van der Waals surface area contributed by atoms with Crippen LogP contribution in [0.1, 0.15) is 6.42 Å². The first-order valence-electron chi connectivity index (χ1n) is 3.26. The van der Waals surface area contributed by atoms with E-state index in [1.54, 1.807) is 0 Å². The van der Waals surface area contributed by atoms with Crippen molar-refractivity contribution in [1.29, 1.82) is 0 Å². The van der Waals surface area contributed by atoms with Gasteiger partial charge in [-0.3, -0.25) is 4.55 Å². The molecule has 0 bridgehead atoms. The normalized spacial score (nSPS) is 29.5. The summed E-state index contributed by atoms with van der Waals surface area (Å²) < 4.78 is 30.4. The molecule has 0 radical (unpaired) electrons. The van der Waals surface area contributed by atoms with Crippen LogP contribution in [0.15, 0.2) is 22.2 Å². The Kier molecular flexibility index (Phi) is 2.75. The Labute approximate surface area is 85.8 Å². The highest BCUT2D eigenvalue weighted by Gasteiger charge is 2.38. The van der Waals surface area contributed by atoms with E-state index in [4.69, 9.17) is 33.5 Å². The highest BCUT2D eigenvalue weighted by atomic mass is 35.5. The quantitative estimate of drug-likeness (QED) is 0.678. The second-order valence-electron chi connectivity index (χ2n) is 2.68. The highest BCUT2D eigenvalue weighted by Crippen LogP contribution is 2.31. The van der Waals surface area contributed by atoms with Gasteiger partial charge in [-0.1, -0.05) is 29.3 Å². The van der Waals surface area contributed by atoms with Gasteiger partial charge < -0.3 is 5.73 Å². The molecule has 0 amide bonds. The van der Waals surface area contributed by atoms with Crippen LogP contribution in [0.5, 0.6) is 0 Å². The molecule has 7 heteroatoms. The first kappa shape index (κ1) is 11.0. The zero-order valence-electron chi connectivity index (χ0n) is 6.37. The smallest absolute Gasteiger partial charge is 0.287 e. The van der Waals surface area contributed by atoms with Gasteiger partial charge in [-0.25, -0.2) is 0 Å². The predicted molar refractivity (Wildman–Crippen MR) is 51.0 cm³/mol. The van der Waals surface area contributed by atoms with Crippen molar-refractivity contribution >= 4 is 33.3 Å². The summed E-state index contributed by atoms with van der Waals surface area (Å²) in [6.45, 7) is 0. The molecule has 1 atom stereocenters. The van der Waals surface area contributed by atoms with Crippen LogP contribution in [0.4, 0.5) is 0 Å². The Hall–Kier alpha value is -0.0700. The van der Waals surface area contributed by atoms with Gasteiger partial charge in [0.1, 0.15) is 0 Å². The van der Waals surface area contributed by atoms with Gasteiger partial charge in [-0.05, 0) is 6.08 Å². The van der Waals surface area contributed by atoms with Crippen molar-refractivity contribution in [3.05, 3.63) is 22.2 Å². The van der Waals surface area contributed by atoms with Crippen molar-refractivity contribution in [3.8, 4) is 0 Å². The van der Waals surface area contributed by atoms with E-state index in [0.717, 1.165) is 6.08 Å². The minimum Gasteiger partial charge on any atom is -0.307 e. The molecule has 0 aliphatic heterocycles. The first-order chi connectivity index (χ1) is 5.76. The molecule has 0 spiro atoms. The first-order valence-corrected chi connectivity index (χ1v) is 5.46. The maximum atomic E-state index is 10.8. The Morgan fingerprint density at radius 3 is 2.38 bits per heavy atom. The summed E-state index contributed by atoms with van der Waals surface area (Å²) in [7, 11) is -4.37. The van der Waals surface area contributed by atoms with Crippen LogP contribution in [0.25, 0.3) is 0 Å². The summed E-state index contributed by atoms with van der Waals surface area (Å²) in [5, 5.41) is 0.249. The third-order valence-electron chi connectivity index (χ3n) is 1.68. The van der Waals surface area contributed by atoms with E-state index in [-0.39, 0.29) is 16.5 Å². The molecule has 0 saturated heterocycles. The molecule has 4 nitrogen and oxygen atoms in total. The van der Waals surface area contributed by atoms with E-state index in [0.29, 0.717) is 0 Å². The largest absolute Gasteiger partial charge is 0.307 e. The van der Waals surface area contributed by atoms with Gasteiger partial charge in [0.2, 0.25) is 0 Å². The number of hydrogen-bond acceptors (Lipinski definition) is 3. The summed E-state index contributed by atoms with van der Waals surface area (Å²) in [5.74, 6) is 0. The van der Waals surface area contributed by atoms with Crippen molar-refractivity contribution in [2.24, 2.45) is 5.73 Å². The van der Waals surface area contributed by atoms with Gasteiger partial charge in [-0.15, -0.1) is 0 Å². The summed E-state index contributed by atoms with van der Waals surface area (Å²) in [6.07, 6.45) is 2.27. The fraction of sp³-hybridized carbons (Fsp3) is 0.333.